The molecule has 214 valence electrons. The Balaban J connectivity index is 1.30. The van der Waals surface area contributed by atoms with Gasteiger partial charge in [-0.05, 0) is 54.1 Å². The number of para-hydroxylation sites is 3. The van der Waals surface area contributed by atoms with Gasteiger partial charge >= 0.3 is 5.91 Å². The zero-order valence-corrected chi connectivity index (χ0v) is 25.0. The van der Waals surface area contributed by atoms with E-state index in [4.69, 9.17) is 0 Å². The summed E-state index contributed by atoms with van der Waals surface area (Å²) in [4.78, 5) is 19.0. The molecular weight excluding hydrogens is 614 g/mol. The Morgan fingerprint density at radius 1 is 0.773 bits per heavy atom. The van der Waals surface area contributed by atoms with E-state index >= 15 is 0 Å². The zero-order chi connectivity index (χ0) is 30.0. The predicted octanol–water partition coefficient (Wildman–Crippen LogP) is 9.98. The number of nitrogens with one attached hydrogen (secondary N) is 1. The van der Waals surface area contributed by atoms with Crippen LogP contribution in [0.3, 0.4) is 0 Å². The number of amides is 1. The summed E-state index contributed by atoms with van der Waals surface area (Å²) in [6.07, 6.45) is 0. The highest BCUT2D eigenvalue weighted by Crippen LogP contribution is 2.41. The Morgan fingerprint density at radius 3 is 2.07 bits per heavy atom. The largest absolute Gasteiger partial charge is 0.493 e. The van der Waals surface area contributed by atoms with Gasteiger partial charge in [-0.15, -0.1) is 10.2 Å². The Morgan fingerprint density at radius 2 is 1.39 bits per heavy atom. The first-order valence-electron chi connectivity index (χ1n) is 14.1. The average molecular weight is 641 g/mol. The van der Waals surface area contributed by atoms with E-state index in [1.165, 1.54) is 0 Å². The fourth-order valence-electron chi connectivity index (χ4n) is 5.56. The van der Waals surface area contributed by atoms with Crippen molar-refractivity contribution >= 4 is 60.7 Å². The highest BCUT2D eigenvalue weighted by atomic mass is 79.9. The quantitative estimate of drug-likeness (QED) is 0.170. The van der Waals surface area contributed by atoms with Crippen LogP contribution < -0.4 is 4.90 Å². The van der Waals surface area contributed by atoms with Gasteiger partial charge < -0.3 is 15.0 Å². The lowest BCUT2D eigenvalue weighted by molar-refractivity contribution is 0.0991. The topological polar surface area (TPSA) is 86.0 Å². The molecule has 5 aromatic carbocycles. The number of carbonyl (C=O) groups excluding carboxylic acids is 1. The van der Waals surface area contributed by atoms with Gasteiger partial charge in [0, 0.05) is 37.7 Å². The van der Waals surface area contributed by atoms with Gasteiger partial charge in [0.15, 0.2) is 5.69 Å². The molecule has 0 aliphatic rings. The molecule has 0 spiro atoms. The maximum atomic E-state index is 13.7. The molecule has 0 bridgehead atoms. The number of benzene rings is 5. The molecule has 7 aromatic rings. The normalized spacial score (nSPS) is 11.5. The Labute approximate surface area is 261 Å². The lowest BCUT2D eigenvalue weighted by atomic mass is 10.0. The molecule has 1 amide bonds. The number of aromatic hydroxyl groups is 1. The maximum absolute atomic E-state index is 13.7. The van der Waals surface area contributed by atoms with Crippen LogP contribution in [-0.4, -0.2) is 20.6 Å². The molecule has 2 heterocycles. The van der Waals surface area contributed by atoms with Crippen molar-refractivity contribution in [1.29, 1.82) is 0 Å². The van der Waals surface area contributed by atoms with Gasteiger partial charge in [0.1, 0.15) is 12.4 Å². The summed E-state index contributed by atoms with van der Waals surface area (Å²) in [6.45, 7) is 0.304. The van der Waals surface area contributed by atoms with Crippen LogP contribution in [0.4, 0.5) is 17.1 Å². The van der Waals surface area contributed by atoms with Gasteiger partial charge in [0.2, 0.25) is 5.88 Å². The molecule has 0 saturated carbocycles. The summed E-state index contributed by atoms with van der Waals surface area (Å²) in [7, 11) is 0. The van der Waals surface area contributed by atoms with Gasteiger partial charge in [-0.3, -0.25) is 9.36 Å². The van der Waals surface area contributed by atoms with E-state index in [1.807, 2.05) is 133 Å². The first kappa shape index (κ1) is 27.4. The number of nitrogens with zero attached hydrogens (tertiary/aromatic N) is 4. The summed E-state index contributed by atoms with van der Waals surface area (Å²) in [6, 6.07) is 43.1. The number of azo groups is 1. The smallest absolute Gasteiger partial charge is 0.312 e. The lowest BCUT2D eigenvalue weighted by Gasteiger charge is -2.26. The van der Waals surface area contributed by atoms with E-state index in [1.54, 1.807) is 4.57 Å². The second-order valence-electron chi connectivity index (χ2n) is 10.3. The van der Waals surface area contributed by atoms with Crippen molar-refractivity contribution in [1.82, 2.24) is 9.55 Å². The highest BCUT2D eigenvalue weighted by molar-refractivity contribution is 9.10. The molecule has 0 atom stereocenters. The minimum Gasteiger partial charge on any atom is -0.493 e. The average Bonchev–Trinajstić information content (AvgIpc) is 3.58. The third-order valence-electron chi connectivity index (χ3n) is 7.61. The number of carbonyl (C=O) groups is 1. The first-order chi connectivity index (χ1) is 21.6. The second-order valence-corrected chi connectivity index (χ2v) is 11.2. The van der Waals surface area contributed by atoms with Gasteiger partial charge in [-0.25, -0.2) is 0 Å². The Kier molecular flexibility index (Phi) is 7.25. The molecule has 2 aromatic heterocycles. The Bertz CT molecular complexity index is 2100. The molecule has 7 rings (SSSR count). The van der Waals surface area contributed by atoms with Crippen LogP contribution in [0.2, 0.25) is 0 Å². The molecule has 0 fully saturated rings. The fraction of sp³-hybridized carbons (Fsp3) is 0.0278. The number of hydrogen-bond acceptors (Lipinski definition) is 4. The van der Waals surface area contributed by atoms with E-state index in [9.17, 15) is 9.90 Å². The number of hydrogen-bond donors (Lipinski definition) is 2. The number of fused-ring (bicyclic) bond motifs is 2. The third-order valence-corrected chi connectivity index (χ3v) is 8.11. The van der Waals surface area contributed by atoms with Gasteiger partial charge in [0.05, 0.1) is 5.52 Å². The molecule has 0 unspecified atom stereocenters. The second kappa shape index (κ2) is 11.7. The van der Waals surface area contributed by atoms with Crippen LogP contribution in [0, 0.1) is 0 Å². The van der Waals surface area contributed by atoms with Crippen LogP contribution in [0.15, 0.2) is 148 Å². The summed E-state index contributed by atoms with van der Waals surface area (Å²) in [5, 5.41) is 21.7. The minimum absolute atomic E-state index is 0.0801. The van der Waals surface area contributed by atoms with Crippen molar-refractivity contribution in [3.05, 3.63) is 144 Å². The van der Waals surface area contributed by atoms with Crippen LogP contribution in [0.5, 0.6) is 5.88 Å². The number of aromatic amines is 1. The van der Waals surface area contributed by atoms with Crippen molar-refractivity contribution in [2.75, 3.05) is 4.90 Å². The number of aromatic nitrogens is 2. The molecule has 0 aliphatic carbocycles. The van der Waals surface area contributed by atoms with Gasteiger partial charge in [0.25, 0.3) is 0 Å². The van der Waals surface area contributed by atoms with Gasteiger partial charge in [-0.2, -0.15) is 0 Å². The van der Waals surface area contributed by atoms with Crippen molar-refractivity contribution < 1.29 is 9.90 Å². The molecular formula is C36H26BrN5O2. The van der Waals surface area contributed by atoms with Crippen molar-refractivity contribution in [3.8, 4) is 17.0 Å². The summed E-state index contributed by atoms with van der Waals surface area (Å²) >= 11 is 3.55. The van der Waals surface area contributed by atoms with Crippen LogP contribution in [0.25, 0.3) is 32.9 Å². The molecule has 7 nitrogen and oxygen atoms in total. The fourth-order valence-corrected chi connectivity index (χ4v) is 5.92. The molecule has 44 heavy (non-hydrogen) atoms. The summed E-state index contributed by atoms with van der Waals surface area (Å²) < 4.78 is 2.68. The van der Waals surface area contributed by atoms with Crippen molar-refractivity contribution in [2.45, 2.75) is 6.67 Å². The van der Waals surface area contributed by atoms with Crippen molar-refractivity contribution in [3.63, 3.8) is 0 Å². The SMILES string of the molecule is O=C(N=Nc1c(O)n(CN(c2ccccc2)c2ccccc2)c2ccccc12)c1[nH]c2ccc(Br)cc2c1-c1ccccc1. The summed E-state index contributed by atoms with van der Waals surface area (Å²) in [5.41, 5.74) is 5.71. The third kappa shape index (κ3) is 5.05. The monoisotopic (exact) mass is 639 g/mol. The Hall–Kier alpha value is -5.47. The van der Waals surface area contributed by atoms with Crippen LogP contribution in [-0.2, 0) is 6.67 Å². The zero-order valence-electron chi connectivity index (χ0n) is 23.4. The van der Waals surface area contributed by atoms with Gasteiger partial charge in [-0.1, -0.05) is 101 Å². The van der Waals surface area contributed by atoms with Crippen LogP contribution >= 0.6 is 15.9 Å². The number of H-pyrrole nitrogens is 1. The number of anilines is 2. The summed E-state index contributed by atoms with van der Waals surface area (Å²) in [5.74, 6) is -0.619. The molecule has 2 N–H and O–H groups in total. The van der Waals surface area contributed by atoms with E-state index in [0.717, 1.165) is 43.4 Å². The van der Waals surface area contributed by atoms with Crippen molar-refractivity contribution in [2.24, 2.45) is 10.2 Å². The predicted molar refractivity (Wildman–Crippen MR) is 179 cm³/mol. The lowest BCUT2D eigenvalue weighted by Crippen LogP contribution is -2.20. The number of halogens is 1. The molecule has 0 saturated heterocycles. The van der Waals surface area contributed by atoms with E-state index in [2.05, 4.69) is 36.0 Å². The standard InChI is InChI=1S/C36H26BrN5O2/c37-25-20-21-30-29(22-25)32(24-12-4-1-5-13-24)34(38-30)35(43)40-39-33-28-18-10-11-19-31(28)42(36(33)44)23-41(26-14-6-2-7-15-26)27-16-8-3-9-17-27/h1-22,38,44H,23H2. The van der Waals surface area contributed by atoms with E-state index in [-0.39, 0.29) is 11.6 Å². The maximum Gasteiger partial charge on any atom is 0.312 e. The molecule has 8 heteroatoms. The molecule has 0 radical (unpaired) electrons. The number of rotatable bonds is 7. The van der Waals surface area contributed by atoms with E-state index in [0.29, 0.717) is 17.7 Å². The highest BCUT2D eigenvalue weighted by Gasteiger charge is 2.22. The van der Waals surface area contributed by atoms with E-state index < -0.39 is 5.91 Å². The van der Waals surface area contributed by atoms with Crippen LogP contribution in [0.1, 0.15) is 10.5 Å². The molecule has 0 aliphatic heterocycles. The minimum atomic E-state index is -0.539. The first-order valence-corrected chi connectivity index (χ1v) is 14.9.